The predicted molar refractivity (Wildman–Crippen MR) is 72.3 cm³/mol. The van der Waals surface area contributed by atoms with Crippen molar-refractivity contribution in [3.8, 4) is 11.1 Å². The molecule has 0 spiro atoms. The molecule has 0 amide bonds. The molecule has 6 heteroatoms. The zero-order valence-electron chi connectivity index (χ0n) is 10.8. The van der Waals surface area contributed by atoms with Crippen LogP contribution in [0.1, 0.15) is 17.3 Å². The molecule has 0 unspecified atom stereocenters. The summed E-state index contributed by atoms with van der Waals surface area (Å²) in [6.45, 7) is 2.00. The van der Waals surface area contributed by atoms with Gasteiger partial charge in [-0.1, -0.05) is 12.1 Å². The number of nitrogens with zero attached hydrogens (tertiary/aromatic N) is 2. The first kappa shape index (κ1) is 13.7. The van der Waals surface area contributed by atoms with Gasteiger partial charge in [0.25, 0.3) is 5.69 Å². The topological polar surface area (TPSA) is 82.3 Å². The molecule has 0 N–H and O–H groups in total. The fourth-order valence-electron chi connectivity index (χ4n) is 1.72. The van der Waals surface area contributed by atoms with Crippen molar-refractivity contribution in [3.05, 3.63) is 58.4 Å². The number of aromatic nitrogens is 1. The lowest BCUT2D eigenvalue weighted by molar-refractivity contribution is -0.384. The number of nitro groups is 1. The summed E-state index contributed by atoms with van der Waals surface area (Å²) in [5.74, 6) is -0.465. The Kier molecular flexibility index (Phi) is 4.05. The quantitative estimate of drug-likeness (QED) is 0.485. The summed E-state index contributed by atoms with van der Waals surface area (Å²) >= 11 is 0. The molecule has 20 heavy (non-hydrogen) atoms. The van der Waals surface area contributed by atoms with Crippen molar-refractivity contribution < 1.29 is 14.5 Å². The number of carbonyl (C=O) groups is 1. The molecular weight excluding hydrogens is 260 g/mol. The van der Waals surface area contributed by atoms with Gasteiger partial charge in [-0.15, -0.1) is 0 Å². The molecule has 0 aliphatic rings. The molecule has 102 valence electrons. The van der Waals surface area contributed by atoms with E-state index in [1.54, 1.807) is 31.3 Å². The number of ether oxygens (including phenoxy) is 1. The monoisotopic (exact) mass is 272 g/mol. The summed E-state index contributed by atoms with van der Waals surface area (Å²) in [7, 11) is 0. The lowest BCUT2D eigenvalue weighted by Crippen LogP contribution is -2.05. The molecule has 1 heterocycles. The van der Waals surface area contributed by atoms with Crippen molar-refractivity contribution in [2.45, 2.75) is 6.92 Å². The molecule has 0 bridgehead atoms. The Hall–Kier alpha value is -2.76. The maximum Gasteiger partial charge on any atom is 0.339 e. The second-order valence-electron chi connectivity index (χ2n) is 3.99. The fraction of sp³-hybridized carbons (Fsp3) is 0.143. The lowest BCUT2D eigenvalue weighted by atomic mass is 10.1. The summed E-state index contributed by atoms with van der Waals surface area (Å²) < 4.78 is 4.89. The number of nitro benzene ring substituents is 1. The van der Waals surface area contributed by atoms with Crippen LogP contribution in [0.25, 0.3) is 11.1 Å². The average Bonchev–Trinajstić information content (AvgIpc) is 2.48. The van der Waals surface area contributed by atoms with E-state index >= 15 is 0 Å². The van der Waals surface area contributed by atoms with Crippen LogP contribution in [0.5, 0.6) is 0 Å². The molecule has 0 saturated carbocycles. The van der Waals surface area contributed by atoms with Gasteiger partial charge >= 0.3 is 5.97 Å². The van der Waals surface area contributed by atoms with Crippen molar-refractivity contribution in [2.75, 3.05) is 6.61 Å². The van der Waals surface area contributed by atoms with Crippen molar-refractivity contribution in [2.24, 2.45) is 0 Å². The predicted octanol–water partition coefficient (Wildman–Crippen LogP) is 2.83. The zero-order valence-corrected chi connectivity index (χ0v) is 10.8. The Morgan fingerprint density at radius 1 is 1.30 bits per heavy atom. The standard InChI is InChI=1S/C14H12N2O4/c1-2-20-14(17)12-6-11(8-15-9-12)10-4-3-5-13(7-10)16(18)19/h3-9H,2H2,1H3. The second kappa shape index (κ2) is 5.92. The van der Waals surface area contributed by atoms with E-state index in [0.717, 1.165) is 0 Å². The van der Waals surface area contributed by atoms with Crippen LogP contribution >= 0.6 is 0 Å². The van der Waals surface area contributed by atoms with Crippen LogP contribution in [-0.2, 0) is 4.74 Å². The van der Waals surface area contributed by atoms with E-state index in [9.17, 15) is 14.9 Å². The highest BCUT2D eigenvalue weighted by Crippen LogP contribution is 2.24. The Balaban J connectivity index is 2.38. The summed E-state index contributed by atoms with van der Waals surface area (Å²) in [5, 5.41) is 10.8. The van der Waals surface area contributed by atoms with Gasteiger partial charge in [0.1, 0.15) is 0 Å². The van der Waals surface area contributed by atoms with Gasteiger partial charge in [0.2, 0.25) is 0 Å². The van der Waals surface area contributed by atoms with Gasteiger partial charge in [0.05, 0.1) is 17.1 Å². The third-order valence-electron chi connectivity index (χ3n) is 2.64. The van der Waals surface area contributed by atoms with E-state index in [0.29, 0.717) is 16.7 Å². The Morgan fingerprint density at radius 3 is 2.80 bits per heavy atom. The molecule has 6 nitrogen and oxygen atoms in total. The first-order valence-corrected chi connectivity index (χ1v) is 5.99. The van der Waals surface area contributed by atoms with Gasteiger partial charge in [0, 0.05) is 30.1 Å². The van der Waals surface area contributed by atoms with Crippen LogP contribution in [-0.4, -0.2) is 22.5 Å². The highest BCUT2D eigenvalue weighted by molar-refractivity contribution is 5.90. The molecule has 2 aromatic rings. The van der Waals surface area contributed by atoms with Gasteiger partial charge < -0.3 is 4.74 Å². The van der Waals surface area contributed by atoms with Gasteiger partial charge in [0.15, 0.2) is 0 Å². The van der Waals surface area contributed by atoms with Crippen LogP contribution in [0.2, 0.25) is 0 Å². The second-order valence-corrected chi connectivity index (χ2v) is 3.99. The van der Waals surface area contributed by atoms with Crippen LogP contribution < -0.4 is 0 Å². The molecule has 0 atom stereocenters. The number of hydrogen-bond acceptors (Lipinski definition) is 5. The summed E-state index contributed by atoms with van der Waals surface area (Å²) in [6, 6.07) is 7.76. The summed E-state index contributed by atoms with van der Waals surface area (Å²) in [4.78, 5) is 25.9. The van der Waals surface area contributed by atoms with Crippen molar-refractivity contribution in [1.82, 2.24) is 4.98 Å². The van der Waals surface area contributed by atoms with Crippen LogP contribution in [0, 0.1) is 10.1 Å². The minimum atomic E-state index is -0.466. The largest absolute Gasteiger partial charge is 0.462 e. The van der Waals surface area contributed by atoms with E-state index < -0.39 is 10.9 Å². The maximum absolute atomic E-state index is 11.6. The van der Waals surface area contributed by atoms with Crippen LogP contribution in [0.3, 0.4) is 0 Å². The van der Waals surface area contributed by atoms with Crippen molar-refractivity contribution in [3.63, 3.8) is 0 Å². The van der Waals surface area contributed by atoms with Crippen molar-refractivity contribution >= 4 is 11.7 Å². The summed E-state index contributed by atoms with van der Waals surface area (Å²) in [6.07, 6.45) is 2.95. The molecular formula is C14H12N2O4. The normalized spacial score (nSPS) is 10.1. The number of rotatable bonds is 4. The van der Waals surface area contributed by atoms with Gasteiger partial charge in [-0.2, -0.15) is 0 Å². The molecule has 1 aromatic heterocycles. The van der Waals surface area contributed by atoms with Gasteiger partial charge in [-0.05, 0) is 18.6 Å². The van der Waals surface area contributed by atoms with Crippen molar-refractivity contribution in [1.29, 1.82) is 0 Å². The molecule has 0 aliphatic heterocycles. The number of esters is 1. The molecule has 1 aromatic carbocycles. The Bertz CT molecular complexity index is 655. The van der Waals surface area contributed by atoms with Gasteiger partial charge in [-0.3, -0.25) is 15.1 Å². The molecule has 0 saturated heterocycles. The van der Waals surface area contributed by atoms with E-state index in [1.807, 2.05) is 0 Å². The SMILES string of the molecule is CCOC(=O)c1cncc(-c2cccc([N+](=O)[O-])c2)c1. The number of hydrogen-bond donors (Lipinski definition) is 0. The third kappa shape index (κ3) is 2.97. The van der Waals surface area contributed by atoms with Crippen LogP contribution in [0.15, 0.2) is 42.7 Å². The first-order chi connectivity index (χ1) is 9.61. The van der Waals surface area contributed by atoms with E-state index in [1.165, 1.54) is 18.3 Å². The molecule has 0 fully saturated rings. The van der Waals surface area contributed by atoms with E-state index in [-0.39, 0.29) is 12.3 Å². The number of pyridine rings is 1. The van der Waals surface area contributed by atoms with E-state index in [2.05, 4.69) is 4.98 Å². The minimum Gasteiger partial charge on any atom is -0.462 e. The number of carbonyl (C=O) groups excluding carboxylic acids is 1. The number of benzene rings is 1. The molecule has 0 radical (unpaired) electrons. The minimum absolute atomic E-state index is 0.0102. The Labute approximate surface area is 115 Å². The first-order valence-electron chi connectivity index (χ1n) is 5.99. The molecule has 2 rings (SSSR count). The zero-order chi connectivity index (χ0) is 14.5. The lowest BCUT2D eigenvalue weighted by Gasteiger charge is -2.04. The fourth-order valence-corrected chi connectivity index (χ4v) is 1.72. The van der Waals surface area contributed by atoms with E-state index in [4.69, 9.17) is 4.74 Å². The Morgan fingerprint density at radius 2 is 2.10 bits per heavy atom. The molecule has 0 aliphatic carbocycles. The summed E-state index contributed by atoms with van der Waals surface area (Å²) in [5.41, 5.74) is 1.55. The third-order valence-corrected chi connectivity index (χ3v) is 2.64. The number of non-ortho nitro benzene ring substituents is 1. The highest BCUT2D eigenvalue weighted by Gasteiger charge is 2.11. The smallest absolute Gasteiger partial charge is 0.339 e. The van der Waals surface area contributed by atoms with Gasteiger partial charge in [-0.25, -0.2) is 4.79 Å². The highest BCUT2D eigenvalue weighted by atomic mass is 16.6. The average molecular weight is 272 g/mol. The maximum atomic E-state index is 11.6. The van der Waals surface area contributed by atoms with Crippen LogP contribution in [0.4, 0.5) is 5.69 Å².